The predicted octanol–water partition coefficient (Wildman–Crippen LogP) is 3.01. The van der Waals surface area contributed by atoms with E-state index in [0.29, 0.717) is 22.3 Å². The van der Waals surface area contributed by atoms with Crippen LogP contribution in [0.25, 0.3) is 0 Å². The average Bonchev–Trinajstić information content (AvgIpc) is 3.13. The topological polar surface area (TPSA) is 121 Å². The molecule has 2 aromatic rings. The third-order valence-corrected chi connectivity index (χ3v) is 6.37. The third-order valence-electron chi connectivity index (χ3n) is 5.20. The molecule has 2 heterocycles. The molecule has 0 saturated heterocycles. The number of amides is 1. The van der Waals surface area contributed by atoms with E-state index in [4.69, 9.17) is 5.11 Å². The summed E-state index contributed by atoms with van der Waals surface area (Å²) in [5, 5.41) is 25.8. The Balaban J connectivity index is 1.78. The molecule has 0 bridgehead atoms. The molecule has 2 N–H and O–H groups in total. The number of aryl methyl sites for hydroxylation is 1. The van der Waals surface area contributed by atoms with Gasteiger partial charge in [-0.25, -0.2) is 14.5 Å². The van der Waals surface area contributed by atoms with Gasteiger partial charge in [0, 0.05) is 4.88 Å². The standard InChI is InChI=1S/C19H23N5O3S/c1-10-21-16(18(26)27)23-24(10)9-15(25)22-17-13(8-20)12-6-5-11(19(2,3)4)7-14(12)28-17/h11H,5-7,9H2,1-4H3,(H,22,25)(H,26,27). The zero-order valence-electron chi connectivity index (χ0n) is 16.4. The Morgan fingerprint density at radius 2 is 2.14 bits per heavy atom. The van der Waals surface area contributed by atoms with Gasteiger partial charge in [-0.15, -0.1) is 16.4 Å². The minimum absolute atomic E-state index is 0.163. The van der Waals surface area contributed by atoms with Gasteiger partial charge in [0.25, 0.3) is 5.82 Å². The Bertz CT molecular complexity index is 977. The van der Waals surface area contributed by atoms with E-state index in [-0.39, 0.29) is 23.7 Å². The number of carbonyl (C=O) groups is 2. The highest BCUT2D eigenvalue weighted by Crippen LogP contribution is 2.43. The lowest BCUT2D eigenvalue weighted by Crippen LogP contribution is -2.26. The molecule has 0 aromatic carbocycles. The molecule has 0 saturated carbocycles. The number of hydrogen-bond donors (Lipinski definition) is 2. The summed E-state index contributed by atoms with van der Waals surface area (Å²) >= 11 is 1.47. The molecule has 0 spiro atoms. The van der Waals surface area contributed by atoms with Crippen molar-refractivity contribution in [3.05, 3.63) is 27.7 Å². The Hall–Kier alpha value is -2.73. The Labute approximate surface area is 167 Å². The van der Waals surface area contributed by atoms with Crippen molar-refractivity contribution in [1.82, 2.24) is 14.8 Å². The lowest BCUT2D eigenvalue weighted by molar-refractivity contribution is -0.116. The molecule has 1 amide bonds. The maximum absolute atomic E-state index is 12.5. The highest BCUT2D eigenvalue weighted by Gasteiger charge is 2.32. The number of carboxylic acid groups (broad SMARTS) is 1. The van der Waals surface area contributed by atoms with Crippen LogP contribution in [0.2, 0.25) is 0 Å². The first-order valence-corrected chi connectivity index (χ1v) is 9.91. The molecule has 9 heteroatoms. The van der Waals surface area contributed by atoms with Crippen molar-refractivity contribution in [3.8, 4) is 6.07 Å². The lowest BCUT2D eigenvalue weighted by atomic mass is 9.72. The van der Waals surface area contributed by atoms with Gasteiger partial charge >= 0.3 is 5.97 Å². The largest absolute Gasteiger partial charge is 0.475 e. The molecule has 1 aliphatic carbocycles. The number of thiophene rings is 1. The van der Waals surface area contributed by atoms with Gasteiger partial charge in [-0.1, -0.05) is 20.8 Å². The van der Waals surface area contributed by atoms with Crippen molar-refractivity contribution in [2.75, 3.05) is 5.32 Å². The number of fused-ring (bicyclic) bond motifs is 1. The molecule has 3 rings (SSSR count). The van der Waals surface area contributed by atoms with Gasteiger partial charge in [0.05, 0.1) is 5.56 Å². The molecule has 8 nitrogen and oxygen atoms in total. The first-order chi connectivity index (χ1) is 13.1. The van der Waals surface area contributed by atoms with Gasteiger partial charge in [-0.05, 0) is 43.1 Å². The molecule has 0 radical (unpaired) electrons. The van der Waals surface area contributed by atoms with Crippen LogP contribution in [0.1, 0.15) is 59.6 Å². The number of anilines is 1. The van der Waals surface area contributed by atoms with E-state index in [1.807, 2.05) is 0 Å². The SMILES string of the molecule is Cc1nc(C(=O)O)nn1CC(=O)Nc1sc2c(c1C#N)CCC(C(C)(C)C)C2. The van der Waals surface area contributed by atoms with Crippen molar-refractivity contribution in [2.24, 2.45) is 11.3 Å². The van der Waals surface area contributed by atoms with Gasteiger partial charge in [0.2, 0.25) is 5.91 Å². The maximum atomic E-state index is 12.5. The molecular weight excluding hydrogens is 378 g/mol. The molecule has 1 unspecified atom stereocenters. The van der Waals surface area contributed by atoms with Crippen molar-refractivity contribution >= 4 is 28.2 Å². The minimum atomic E-state index is -1.24. The van der Waals surface area contributed by atoms with Crippen LogP contribution in [-0.4, -0.2) is 31.7 Å². The zero-order chi connectivity index (χ0) is 20.6. The summed E-state index contributed by atoms with van der Waals surface area (Å²) in [6, 6.07) is 2.24. The van der Waals surface area contributed by atoms with Crippen LogP contribution in [0, 0.1) is 29.6 Å². The molecule has 28 heavy (non-hydrogen) atoms. The van der Waals surface area contributed by atoms with Crippen molar-refractivity contribution in [1.29, 1.82) is 5.26 Å². The summed E-state index contributed by atoms with van der Waals surface area (Å²) in [7, 11) is 0. The second kappa shape index (κ2) is 7.36. The smallest absolute Gasteiger partial charge is 0.375 e. The summed E-state index contributed by atoms with van der Waals surface area (Å²) in [5.41, 5.74) is 1.79. The summed E-state index contributed by atoms with van der Waals surface area (Å²) in [6.07, 6.45) is 2.79. The van der Waals surface area contributed by atoms with Gasteiger partial charge in [0.15, 0.2) is 0 Å². The average molecular weight is 401 g/mol. The number of nitrogens with zero attached hydrogens (tertiary/aromatic N) is 4. The number of carbonyl (C=O) groups excluding carboxylic acids is 1. The number of nitrogens with one attached hydrogen (secondary N) is 1. The van der Waals surface area contributed by atoms with Crippen LogP contribution >= 0.6 is 11.3 Å². The van der Waals surface area contributed by atoms with E-state index in [0.717, 1.165) is 24.8 Å². The number of aromatic carboxylic acids is 1. The van der Waals surface area contributed by atoms with Gasteiger partial charge in [-0.3, -0.25) is 4.79 Å². The highest BCUT2D eigenvalue weighted by atomic mass is 32.1. The normalized spacial score (nSPS) is 16.3. The van der Waals surface area contributed by atoms with Crippen LogP contribution in [0.4, 0.5) is 5.00 Å². The van der Waals surface area contributed by atoms with Crippen molar-refractivity contribution in [3.63, 3.8) is 0 Å². The molecular formula is C19H23N5O3S. The summed E-state index contributed by atoms with van der Waals surface area (Å²) in [4.78, 5) is 28.4. The first kappa shape index (κ1) is 20.0. The number of hydrogen-bond acceptors (Lipinski definition) is 6. The van der Waals surface area contributed by atoms with Gasteiger partial charge < -0.3 is 10.4 Å². The van der Waals surface area contributed by atoms with E-state index in [2.05, 4.69) is 42.2 Å². The number of aromatic nitrogens is 3. The molecule has 148 valence electrons. The van der Waals surface area contributed by atoms with Crippen LogP contribution in [-0.2, 0) is 24.2 Å². The van der Waals surface area contributed by atoms with E-state index < -0.39 is 5.97 Å². The van der Waals surface area contributed by atoms with Crippen molar-refractivity contribution in [2.45, 2.75) is 53.5 Å². The summed E-state index contributed by atoms with van der Waals surface area (Å²) in [5.74, 6) is -1.07. The highest BCUT2D eigenvalue weighted by molar-refractivity contribution is 7.16. The zero-order valence-corrected chi connectivity index (χ0v) is 17.2. The lowest BCUT2D eigenvalue weighted by Gasteiger charge is -2.33. The third kappa shape index (κ3) is 3.92. The monoisotopic (exact) mass is 401 g/mol. The Morgan fingerprint density at radius 1 is 1.43 bits per heavy atom. The van der Waals surface area contributed by atoms with Gasteiger partial charge in [-0.2, -0.15) is 5.26 Å². The van der Waals surface area contributed by atoms with E-state index in [1.54, 1.807) is 6.92 Å². The fourth-order valence-electron chi connectivity index (χ4n) is 3.49. The number of rotatable bonds is 4. The van der Waals surface area contributed by atoms with E-state index >= 15 is 0 Å². The molecule has 1 aliphatic rings. The molecule has 0 fully saturated rings. The minimum Gasteiger partial charge on any atom is -0.475 e. The second-order valence-electron chi connectivity index (χ2n) is 8.12. The molecule has 0 aliphatic heterocycles. The summed E-state index contributed by atoms with van der Waals surface area (Å²) < 4.78 is 1.24. The van der Waals surface area contributed by atoms with Crippen molar-refractivity contribution < 1.29 is 14.7 Å². The fraction of sp³-hybridized carbons (Fsp3) is 0.526. The summed E-state index contributed by atoms with van der Waals surface area (Å²) in [6.45, 7) is 8.12. The van der Waals surface area contributed by atoms with E-state index in [1.165, 1.54) is 20.9 Å². The second-order valence-corrected chi connectivity index (χ2v) is 9.22. The van der Waals surface area contributed by atoms with Crippen LogP contribution in [0.3, 0.4) is 0 Å². The number of nitriles is 1. The molecule has 1 atom stereocenters. The van der Waals surface area contributed by atoms with Crippen LogP contribution in [0.15, 0.2) is 0 Å². The van der Waals surface area contributed by atoms with E-state index in [9.17, 15) is 14.9 Å². The number of carboxylic acids is 1. The quantitative estimate of drug-likeness (QED) is 0.812. The predicted molar refractivity (Wildman–Crippen MR) is 104 cm³/mol. The Morgan fingerprint density at radius 3 is 2.71 bits per heavy atom. The maximum Gasteiger partial charge on any atom is 0.375 e. The van der Waals surface area contributed by atoms with Crippen LogP contribution in [0.5, 0.6) is 0 Å². The Kier molecular flexibility index (Phi) is 5.26. The first-order valence-electron chi connectivity index (χ1n) is 9.09. The van der Waals surface area contributed by atoms with Crippen LogP contribution < -0.4 is 5.32 Å². The fourth-order valence-corrected chi connectivity index (χ4v) is 4.79. The molecule has 2 aromatic heterocycles. The van der Waals surface area contributed by atoms with Gasteiger partial charge in [0.1, 0.15) is 23.4 Å².